The number of benzene rings is 2. The Kier molecular flexibility index (Phi) is 4.89. The molecule has 0 aliphatic carbocycles. The Morgan fingerprint density at radius 2 is 1.85 bits per heavy atom. The van der Waals surface area contributed by atoms with Crippen LogP contribution in [-0.4, -0.2) is 28.0 Å². The summed E-state index contributed by atoms with van der Waals surface area (Å²) in [6.07, 6.45) is 0. The van der Waals surface area contributed by atoms with Crippen LogP contribution in [-0.2, 0) is 0 Å². The summed E-state index contributed by atoms with van der Waals surface area (Å²) in [4.78, 5) is 11.5. The van der Waals surface area contributed by atoms with E-state index in [1.165, 1.54) is 16.8 Å². The van der Waals surface area contributed by atoms with Gasteiger partial charge in [0.1, 0.15) is 10.8 Å². The lowest BCUT2D eigenvalue weighted by molar-refractivity contribution is 0.0689. The second-order valence-corrected chi connectivity index (χ2v) is 6.25. The average molecular weight is 395 g/mol. The van der Waals surface area contributed by atoms with Gasteiger partial charge in [0.2, 0.25) is 0 Å². The van der Waals surface area contributed by atoms with E-state index in [9.17, 15) is 14.3 Å². The molecule has 0 bridgehead atoms. The standard InChI is InChI=1S/C18H13Cl2FN2O3/c1-9-16(18(24)25)22-23(13-8-7-12(19)15(21)14(13)20)17(9)10-3-5-11(26-2)6-4-10/h3-8H,1-2H3,(H,24,25). The van der Waals surface area contributed by atoms with Crippen molar-refractivity contribution in [2.75, 3.05) is 7.11 Å². The maximum atomic E-state index is 14.1. The van der Waals surface area contributed by atoms with Gasteiger partial charge >= 0.3 is 5.97 Å². The second-order valence-electron chi connectivity index (χ2n) is 5.46. The molecule has 0 unspecified atom stereocenters. The molecule has 134 valence electrons. The molecule has 3 aromatic rings. The van der Waals surface area contributed by atoms with Gasteiger partial charge in [-0.15, -0.1) is 0 Å². The number of aromatic carboxylic acids is 1. The van der Waals surface area contributed by atoms with Crippen molar-refractivity contribution >= 4 is 29.2 Å². The normalized spacial score (nSPS) is 10.8. The first-order valence-electron chi connectivity index (χ1n) is 7.46. The van der Waals surface area contributed by atoms with Crippen LogP contribution in [0.1, 0.15) is 16.1 Å². The fourth-order valence-corrected chi connectivity index (χ4v) is 3.09. The molecule has 0 saturated heterocycles. The minimum atomic E-state index is -1.19. The third-order valence-corrected chi connectivity index (χ3v) is 4.58. The predicted octanol–water partition coefficient (Wildman–Crippen LogP) is 5.00. The molecule has 0 saturated carbocycles. The average Bonchev–Trinajstić information content (AvgIpc) is 2.97. The highest BCUT2D eigenvalue weighted by Gasteiger charge is 2.24. The smallest absolute Gasteiger partial charge is 0.356 e. The van der Waals surface area contributed by atoms with Gasteiger partial charge in [-0.25, -0.2) is 13.9 Å². The molecular weight excluding hydrogens is 382 g/mol. The Morgan fingerprint density at radius 3 is 2.42 bits per heavy atom. The zero-order chi connectivity index (χ0) is 19.0. The van der Waals surface area contributed by atoms with Crippen LogP contribution in [0.15, 0.2) is 36.4 Å². The molecule has 26 heavy (non-hydrogen) atoms. The summed E-state index contributed by atoms with van der Waals surface area (Å²) in [6, 6.07) is 9.80. The van der Waals surface area contributed by atoms with Crippen LogP contribution in [0, 0.1) is 12.7 Å². The molecule has 1 heterocycles. The summed E-state index contributed by atoms with van der Waals surface area (Å²) in [5.41, 5.74) is 1.62. The molecule has 0 amide bonds. The summed E-state index contributed by atoms with van der Waals surface area (Å²) in [5, 5.41) is 13.2. The van der Waals surface area contributed by atoms with Crippen molar-refractivity contribution in [2.45, 2.75) is 6.92 Å². The van der Waals surface area contributed by atoms with Crippen molar-refractivity contribution in [1.29, 1.82) is 0 Å². The highest BCUT2D eigenvalue weighted by Crippen LogP contribution is 2.35. The largest absolute Gasteiger partial charge is 0.497 e. The lowest BCUT2D eigenvalue weighted by Crippen LogP contribution is -2.04. The van der Waals surface area contributed by atoms with E-state index >= 15 is 0 Å². The number of aromatic nitrogens is 2. The van der Waals surface area contributed by atoms with Crippen molar-refractivity contribution < 1.29 is 19.0 Å². The summed E-state index contributed by atoms with van der Waals surface area (Å²) in [6.45, 7) is 1.63. The van der Waals surface area contributed by atoms with E-state index in [4.69, 9.17) is 27.9 Å². The number of carboxylic acid groups (broad SMARTS) is 1. The number of rotatable bonds is 4. The summed E-state index contributed by atoms with van der Waals surface area (Å²) >= 11 is 11.8. The molecule has 1 aromatic heterocycles. The maximum absolute atomic E-state index is 14.1. The zero-order valence-corrected chi connectivity index (χ0v) is 15.3. The number of carboxylic acids is 1. The molecule has 0 fully saturated rings. The fourth-order valence-electron chi connectivity index (χ4n) is 2.64. The van der Waals surface area contributed by atoms with E-state index in [1.807, 2.05) is 0 Å². The third-order valence-electron chi connectivity index (χ3n) is 3.93. The molecule has 3 rings (SSSR count). The Morgan fingerprint density at radius 1 is 1.19 bits per heavy atom. The molecule has 0 atom stereocenters. The minimum Gasteiger partial charge on any atom is -0.497 e. The van der Waals surface area contributed by atoms with E-state index in [0.717, 1.165) is 0 Å². The lowest BCUT2D eigenvalue weighted by Gasteiger charge is -2.12. The molecule has 1 N–H and O–H groups in total. The number of nitrogens with zero attached hydrogens (tertiary/aromatic N) is 2. The Balaban J connectivity index is 2.30. The Labute approximate surface area is 158 Å². The number of hydrogen-bond donors (Lipinski definition) is 1. The van der Waals surface area contributed by atoms with Gasteiger partial charge in [-0.1, -0.05) is 23.2 Å². The van der Waals surface area contributed by atoms with Crippen LogP contribution < -0.4 is 4.74 Å². The topological polar surface area (TPSA) is 64.3 Å². The Hall–Kier alpha value is -2.57. The predicted molar refractivity (Wildman–Crippen MR) is 97.2 cm³/mol. The van der Waals surface area contributed by atoms with Gasteiger partial charge < -0.3 is 9.84 Å². The summed E-state index contributed by atoms with van der Waals surface area (Å²) in [7, 11) is 1.54. The van der Waals surface area contributed by atoms with Gasteiger partial charge in [0.15, 0.2) is 11.5 Å². The highest BCUT2D eigenvalue weighted by atomic mass is 35.5. The number of carbonyl (C=O) groups is 1. The SMILES string of the molecule is COc1ccc(-c2c(C)c(C(=O)O)nn2-c2ccc(Cl)c(F)c2Cl)cc1. The summed E-state index contributed by atoms with van der Waals surface area (Å²) < 4.78 is 20.6. The van der Waals surface area contributed by atoms with Gasteiger partial charge in [-0.3, -0.25) is 0 Å². The van der Waals surface area contributed by atoms with Crippen LogP contribution in [0.2, 0.25) is 10.0 Å². The molecule has 0 radical (unpaired) electrons. The van der Waals surface area contributed by atoms with E-state index in [2.05, 4.69) is 5.10 Å². The molecular formula is C18H13Cl2FN2O3. The van der Waals surface area contributed by atoms with Crippen LogP contribution in [0.25, 0.3) is 16.9 Å². The Bertz CT molecular complexity index is 1000. The first kappa shape index (κ1) is 18.2. The van der Waals surface area contributed by atoms with Gasteiger partial charge in [0, 0.05) is 11.1 Å². The summed E-state index contributed by atoms with van der Waals surface area (Å²) in [5.74, 6) is -1.34. The van der Waals surface area contributed by atoms with E-state index in [0.29, 0.717) is 22.6 Å². The quantitative estimate of drug-likeness (QED) is 0.632. The van der Waals surface area contributed by atoms with E-state index in [1.54, 1.807) is 38.3 Å². The number of halogens is 3. The van der Waals surface area contributed by atoms with Crippen LogP contribution in [0.3, 0.4) is 0 Å². The minimum absolute atomic E-state index is 0.132. The molecule has 2 aromatic carbocycles. The zero-order valence-electron chi connectivity index (χ0n) is 13.8. The monoisotopic (exact) mass is 394 g/mol. The van der Waals surface area contributed by atoms with Crippen LogP contribution in [0.5, 0.6) is 5.75 Å². The fraction of sp³-hybridized carbons (Fsp3) is 0.111. The number of hydrogen-bond acceptors (Lipinski definition) is 3. The van der Waals surface area contributed by atoms with Crippen LogP contribution in [0.4, 0.5) is 4.39 Å². The first-order chi connectivity index (χ1) is 12.3. The maximum Gasteiger partial charge on any atom is 0.356 e. The molecule has 0 aliphatic heterocycles. The van der Waals surface area contributed by atoms with Crippen molar-refractivity contribution in [3.63, 3.8) is 0 Å². The van der Waals surface area contributed by atoms with Gasteiger partial charge in [0.25, 0.3) is 0 Å². The molecule has 0 spiro atoms. The van der Waals surface area contributed by atoms with Crippen LogP contribution >= 0.6 is 23.2 Å². The molecule has 5 nitrogen and oxygen atoms in total. The second kappa shape index (κ2) is 6.97. The van der Waals surface area contributed by atoms with E-state index in [-0.39, 0.29) is 21.4 Å². The van der Waals surface area contributed by atoms with Gasteiger partial charge in [0.05, 0.1) is 23.5 Å². The van der Waals surface area contributed by atoms with Crippen molar-refractivity contribution in [3.8, 4) is 22.7 Å². The van der Waals surface area contributed by atoms with Crippen molar-refractivity contribution in [1.82, 2.24) is 9.78 Å². The van der Waals surface area contributed by atoms with Gasteiger partial charge in [-0.2, -0.15) is 5.10 Å². The number of ether oxygens (including phenoxy) is 1. The molecule has 0 aliphatic rings. The highest BCUT2D eigenvalue weighted by molar-refractivity contribution is 6.36. The molecule has 8 heteroatoms. The number of methoxy groups -OCH3 is 1. The van der Waals surface area contributed by atoms with Crippen molar-refractivity contribution in [3.05, 3.63) is 63.5 Å². The van der Waals surface area contributed by atoms with Gasteiger partial charge in [-0.05, 0) is 43.3 Å². The van der Waals surface area contributed by atoms with Crippen molar-refractivity contribution in [2.24, 2.45) is 0 Å². The third kappa shape index (κ3) is 3.02. The van der Waals surface area contributed by atoms with E-state index < -0.39 is 11.8 Å². The first-order valence-corrected chi connectivity index (χ1v) is 8.22. The lowest BCUT2D eigenvalue weighted by atomic mass is 10.1.